The lowest BCUT2D eigenvalue weighted by atomic mass is 10.1. The van der Waals surface area contributed by atoms with E-state index in [1.807, 2.05) is 0 Å². The maximum Gasteiger partial charge on any atom is 0.309 e. The Hall–Kier alpha value is 0.200. The highest BCUT2D eigenvalue weighted by atomic mass is 127. The fourth-order valence-electron chi connectivity index (χ4n) is 0.678. The van der Waals surface area contributed by atoms with Gasteiger partial charge >= 0.3 is 5.97 Å². The third kappa shape index (κ3) is 1.13. The third-order valence-electron chi connectivity index (χ3n) is 1.23. The van der Waals surface area contributed by atoms with Gasteiger partial charge in [0.1, 0.15) is 0 Å². The molecular weight excluding hydrogens is 219 g/mol. The van der Waals surface area contributed by atoms with Crippen molar-refractivity contribution in [1.29, 1.82) is 0 Å². The first-order valence-corrected chi connectivity index (χ1v) is 4.09. The van der Waals surface area contributed by atoms with E-state index in [0.717, 1.165) is 10.8 Å². The van der Waals surface area contributed by atoms with Crippen molar-refractivity contribution in [3.63, 3.8) is 0 Å². The summed E-state index contributed by atoms with van der Waals surface area (Å²) in [6, 6.07) is 0. The van der Waals surface area contributed by atoms with Crippen LogP contribution in [-0.2, 0) is 9.53 Å². The molecule has 0 bridgehead atoms. The number of ether oxygens (including phenoxy) is 1. The second kappa shape index (κ2) is 2.66. The monoisotopic (exact) mass is 226 g/mol. The van der Waals surface area contributed by atoms with Crippen LogP contribution in [0.25, 0.3) is 0 Å². The van der Waals surface area contributed by atoms with E-state index < -0.39 is 0 Å². The Morgan fingerprint density at radius 2 is 2.62 bits per heavy atom. The summed E-state index contributed by atoms with van der Waals surface area (Å²) < 4.78 is 5.61. The van der Waals surface area contributed by atoms with Crippen molar-refractivity contribution < 1.29 is 9.53 Å². The first kappa shape index (κ1) is 6.32. The van der Waals surface area contributed by atoms with Gasteiger partial charge in [0.15, 0.2) is 0 Å². The minimum atomic E-state index is -0.0144. The number of halogens is 1. The van der Waals surface area contributed by atoms with Crippen molar-refractivity contribution in [1.82, 2.24) is 0 Å². The van der Waals surface area contributed by atoms with E-state index >= 15 is 0 Å². The molecule has 0 aromatic rings. The predicted octanol–water partition coefficient (Wildman–Crippen LogP) is 0.985. The standard InChI is InChI=1S/C5H7IO2/c6-3-4-1-2-8-5(4)7/h4H,1-3H2/t4-/m0/s1. The molecule has 8 heavy (non-hydrogen) atoms. The summed E-state index contributed by atoms with van der Waals surface area (Å²) in [6.07, 6.45) is 0.918. The zero-order valence-corrected chi connectivity index (χ0v) is 6.55. The third-order valence-corrected chi connectivity index (χ3v) is 2.29. The number of carbonyl (C=O) groups is 1. The molecule has 0 spiro atoms. The highest BCUT2D eigenvalue weighted by molar-refractivity contribution is 14.1. The number of carbonyl (C=O) groups excluding carboxylic acids is 1. The van der Waals surface area contributed by atoms with Gasteiger partial charge in [-0.25, -0.2) is 0 Å². The summed E-state index contributed by atoms with van der Waals surface area (Å²) in [7, 11) is 0. The van der Waals surface area contributed by atoms with Gasteiger partial charge in [-0.15, -0.1) is 0 Å². The summed E-state index contributed by atoms with van der Waals surface area (Å²) in [5.74, 6) is 0.176. The van der Waals surface area contributed by atoms with Crippen LogP contribution in [0.3, 0.4) is 0 Å². The Morgan fingerprint density at radius 1 is 1.88 bits per heavy atom. The predicted molar refractivity (Wildman–Crippen MR) is 38.0 cm³/mol. The van der Waals surface area contributed by atoms with Gasteiger partial charge in [0, 0.05) is 4.43 Å². The molecule has 0 aliphatic carbocycles. The van der Waals surface area contributed by atoms with E-state index in [9.17, 15) is 4.79 Å². The normalized spacial score (nSPS) is 28.1. The molecule has 46 valence electrons. The summed E-state index contributed by atoms with van der Waals surface area (Å²) in [6.45, 7) is 0.631. The van der Waals surface area contributed by atoms with E-state index in [-0.39, 0.29) is 11.9 Å². The molecule has 1 atom stereocenters. The van der Waals surface area contributed by atoms with Crippen LogP contribution in [0.2, 0.25) is 0 Å². The first-order chi connectivity index (χ1) is 3.84. The Labute approximate surface area is 61.7 Å². The Bertz CT molecular complexity index is 103. The molecule has 0 aromatic carbocycles. The van der Waals surface area contributed by atoms with Crippen molar-refractivity contribution >= 4 is 28.6 Å². The second-order valence-electron chi connectivity index (χ2n) is 1.81. The topological polar surface area (TPSA) is 26.3 Å². The largest absolute Gasteiger partial charge is 0.465 e. The van der Waals surface area contributed by atoms with Gasteiger partial charge in [-0.2, -0.15) is 0 Å². The fraction of sp³-hybridized carbons (Fsp3) is 0.800. The molecule has 0 aromatic heterocycles. The van der Waals surface area contributed by atoms with Crippen molar-refractivity contribution in [2.24, 2.45) is 5.92 Å². The maximum absolute atomic E-state index is 10.6. The van der Waals surface area contributed by atoms with Gasteiger partial charge in [0.05, 0.1) is 12.5 Å². The highest BCUT2D eigenvalue weighted by Gasteiger charge is 2.24. The van der Waals surface area contributed by atoms with E-state index in [1.165, 1.54) is 0 Å². The molecule has 3 heteroatoms. The molecule has 0 N–H and O–H groups in total. The van der Waals surface area contributed by atoms with Crippen LogP contribution >= 0.6 is 22.6 Å². The molecule has 1 saturated heterocycles. The summed E-state index contributed by atoms with van der Waals surface area (Å²) in [5.41, 5.74) is 0. The molecule has 0 amide bonds. The van der Waals surface area contributed by atoms with Crippen molar-refractivity contribution in [2.45, 2.75) is 6.42 Å². The van der Waals surface area contributed by atoms with Crippen LogP contribution in [0.4, 0.5) is 0 Å². The zero-order chi connectivity index (χ0) is 5.98. The lowest BCUT2D eigenvalue weighted by Crippen LogP contribution is -2.07. The quantitative estimate of drug-likeness (QED) is 0.378. The van der Waals surface area contributed by atoms with Gasteiger partial charge in [-0.1, -0.05) is 22.6 Å². The van der Waals surface area contributed by atoms with Crippen LogP contribution in [0.15, 0.2) is 0 Å². The number of hydrogen-bond acceptors (Lipinski definition) is 2. The van der Waals surface area contributed by atoms with Crippen LogP contribution < -0.4 is 0 Å². The molecule has 0 saturated carbocycles. The summed E-state index contributed by atoms with van der Waals surface area (Å²) >= 11 is 2.20. The van der Waals surface area contributed by atoms with Crippen LogP contribution in [0.1, 0.15) is 6.42 Å². The van der Waals surface area contributed by atoms with E-state index in [4.69, 9.17) is 4.74 Å². The average molecular weight is 226 g/mol. The first-order valence-electron chi connectivity index (χ1n) is 2.57. The molecule has 1 fully saturated rings. The Balaban J connectivity index is 2.42. The van der Waals surface area contributed by atoms with Crippen molar-refractivity contribution in [3.05, 3.63) is 0 Å². The molecule has 1 aliphatic heterocycles. The molecule has 2 nitrogen and oxygen atoms in total. The Kier molecular flexibility index (Phi) is 2.10. The number of rotatable bonds is 1. The lowest BCUT2D eigenvalue weighted by Gasteiger charge is -1.94. The smallest absolute Gasteiger partial charge is 0.309 e. The molecule has 0 unspecified atom stereocenters. The Morgan fingerprint density at radius 3 is 2.88 bits per heavy atom. The fourth-order valence-corrected chi connectivity index (χ4v) is 1.48. The minimum Gasteiger partial charge on any atom is -0.465 e. The van der Waals surface area contributed by atoms with Gasteiger partial charge in [0.2, 0.25) is 0 Å². The zero-order valence-electron chi connectivity index (χ0n) is 4.39. The number of esters is 1. The van der Waals surface area contributed by atoms with Gasteiger partial charge in [-0.3, -0.25) is 4.79 Å². The molecule has 1 rings (SSSR count). The average Bonchev–Trinajstić information content (AvgIpc) is 2.14. The van der Waals surface area contributed by atoms with E-state index in [2.05, 4.69) is 22.6 Å². The molecule has 0 radical (unpaired) electrons. The van der Waals surface area contributed by atoms with Gasteiger partial charge in [-0.05, 0) is 6.42 Å². The van der Waals surface area contributed by atoms with Crippen LogP contribution in [0, 0.1) is 5.92 Å². The maximum atomic E-state index is 10.6. The summed E-state index contributed by atoms with van der Waals surface area (Å²) in [5, 5.41) is 0. The van der Waals surface area contributed by atoms with E-state index in [0.29, 0.717) is 6.61 Å². The number of hydrogen-bond donors (Lipinski definition) is 0. The van der Waals surface area contributed by atoms with Crippen molar-refractivity contribution in [2.75, 3.05) is 11.0 Å². The summed E-state index contributed by atoms with van der Waals surface area (Å²) in [4.78, 5) is 10.6. The van der Waals surface area contributed by atoms with Crippen LogP contribution in [-0.4, -0.2) is 17.0 Å². The molecular formula is C5H7IO2. The second-order valence-corrected chi connectivity index (χ2v) is 2.69. The lowest BCUT2D eigenvalue weighted by molar-refractivity contribution is -0.140. The SMILES string of the molecule is O=C1OCC[C@H]1CI. The van der Waals surface area contributed by atoms with Crippen molar-refractivity contribution in [3.8, 4) is 0 Å². The molecule has 1 aliphatic rings. The van der Waals surface area contributed by atoms with E-state index in [1.54, 1.807) is 0 Å². The van der Waals surface area contributed by atoms with Gasteiger partial charge in [0.25, 0.3) is 0 Å². The molecule has 1 heterocycles. The highest BCUT2D eigenvalue weighted by Crippen LogP contribution is 2.15. The number of cyclic esters (lactones) is 1. The van der Waals surface area contributed by atoms with Crippen LogP contribution in [0.5, 0.6) is 0 Å². The van der Waals surface area contributed by atoms with Gasteiger partial charge < -0.3 is 4.74 Å². The number of alkyl halides is 1. The minimum absolute atomic E-state index is 0.0144.